The summed E-state index contributed by atoms with van der Waals surface area (Å²) in [5, 5.41) is 7.75. The third-order valence-electron chi connectivity index (χ3n) is 3.64. The Hall–Kier alpha value is -1.98. The first kappa shape index (κ1) is 16.9. The molecule has 0 fully saturated rings. The molecule has 3 rings (SSSR count). The van der Waals surface area contributed by atoms with Crippen LogP contribution in [0.3, 0.4) is 0 Å². The highest BCUT2D eigenvalue weighted by Crippen LogP contribution is 2.32. The van der Waals surface area contributed by atoms with Gasteiger partial charge in [-0.05, 0) is 54.9 Å². The summed E-state index contributed by atoms with van der Waals surface area (Å²) in [6.07, 6.45) is 1.97. The lowest BCUT2D eigenvalue weighted by atomic mass is 10.1. The van der Waals surface area contributed by atoms with Crippen LogP contribution in [-0.4, -0.2) is 24.9 Å². The topological polar surface area (TPSA) is 42.5 Å². The van der Waals surface area contributed by atoms with Gasteiger partial charge < -0.3 is 20.1 Å². The van der Waals surface area contributed by atoms with E-state index in [2.05, 4.69) is 10.6 Å². The van der Waals surface area contributed by atoms with Gasteiger partial charge in [0.1, 0.15) is 13.2 Å². The number of aryl methyl sites for hydroxylation is 1. The molecule has 1 aliphatic rings. The van der Waals surface area contributed by atoms with Gasteiger partial charge in [-0.25, -0.2) is 0 Å². The fourth-order valence-corrected chi connectivity index (χ4v) is 2.79. The van der Waals surface area contributed by atoms with Gasteiger partial charge in [-0.3, -0.25) is 0 Å². The normalized spacial score (nSPS) is 12.5. The Balaban J connectivity index is 1.41. The van der Waals surface area contributed by atoms with Gasteiger partial charge in [-0.15, -0.1) is 0 Å². The van der Waals surface area contributed by atoms with Crippen LogP contribution in [0.5, 0.6) is 11.5 Å². The summed E-state index contributed by atoms with van der Waals surface area (Å²) in [7, 11) is 0. The van der Waals surface area contributed by atoms with E-state index in [4.69, 9.17) is 33.3 Å². The summed E-state index contributed by atoms with van der Waals surface area (Å²) in [5.41, 5.74) is 2.15. The van der Waals surface area contributed by atoms with E-state index < -0.39 is 0 Å². The molecule has 0 saturated heterocycles. The average molecular weight is 363 g/mol. The summed E-state index contributed by atoms with van der Waals surface area (Å²) in [4.78, 5) is 0. The second kappa shape index (κ2) is 8.22. The molecule has 4 nitrogen and oxygen atoms in total. The summed E-state index contributed by atoms with van der Waals surface area (Å²) in [5.74, 6) is 1.52. The van der Waals surface area contributed by atoms with Crippen LogP contribution in [0, 0.1) is 0 Å². The molecule has 2 aromatic carbocycles. The second-order valence-corrected chi connectivity index (χ2v) is 6.31. The fraction of sp³-hybridized carbons (Fsp3) is 0.278. The lowest BCUT2D eigenvalue weighted by Gasteiger charge is -2.19. The van der Waals surface area contributed by atoms with E-state index in [1.54, 1.807) is 0 Å². The zero-order valence-electron chi connectivity index (χ0n) is 13.2. The Labute approximate surface area is 152 Å². The van der Waals surface area contributed by atoms with Crippen molar-refractivity contribution in [2.45, 2.75) is 12.8 Å². The zero-order chi connectivity index (χ0) is 16.8. The largest absolute Gasteiger partial charge is 0.486 e. The molecule has 1 heterocycles. The van der Waals surface area contributed by atoms with Crippen molar-refractivity contribution in [1.29, 1.82) is 0 Å². The molecule has 0 unspecified atom stereocenters. The van der Waals surface area contributed by atoms with Crippen LogP contribution in [0.25, 0.3) is 0 Å². The molecule has 0 aromatic heterocycles. The molecule has 0 aliphatic carbocycles. The van der Waals surface area contributed by atoms with Crippen molar-refractivity contribution < 1.29 is 9.47 Å². The van der Waals surface area contributed by atoms with Crippen molar-refractivity contribution in [3.05, 3.63) is 53.1 Å². The van der Waals surface area contributed by atoms with Gasteiger partial charge in [-0.1, -0.05) is 23.7 Å². The Morgan fingerprint density at radius 2 is 1.79 bits per heavy atom. The highest BCUT2D eigenvalue weighted by atomic mass is 35.5. The third kappa shape index (κ3) is 4.76. The molecule has 0 spiro atoms. The number of anilines is 1. The monoisotopic (exact) mass is 362 g/mol. The summed E-state index contributed by atoms with van der Waals surface area (Å²) < 4.78 is 11.1. The minimum Gasteiger partial charge on any atom is -0.486 e. The molecule has 2 N–H and O–H groups in total. The van der Waals surface area contributed by atoms with Crippen molar-refractivity contribution in [2.75, 3.05) is 25.1 Å². The lowest BCUT2D eigenvalue weighted by Crippen LogP contribution is -2.29. The van der Waals surface area contributed by atoms with E-state index in [9.17, 15) is 0 Å². The molecule has 1 aliphatic heterocycles. The molecule has 0 saturated carbocycles. The SMILES string of the molecule is S=C(NCCCc1ccc(Cl)cc1)Nc1ccc2c(c1)OCCO2. The van der Waals surface area contributed by atoms with Crippen LogP contribution in [-0.2, 0) is 6.42 Å². The molecule has 24 heavy (non-hydrogen) atoms. The quantitative estimate of drug-likeness (QED) is 0.621. The van der Waals surface area contributed by atoms with Gasteiger partial charge in [0.05, 0.1) is 0 Å². The molecule has 0 radical (unpaired) electrons. The van der Waals surface area contributed by atoms with Gasteiger partial charge in [-0.2, -0.15) is 0 Å². The van der Waals surface area contributed by atoms with E-state index in [1.165, 1.54) is 5.56 Å². The van der Waals surface area contributed by atoms with E-state index >= 15 is 0 Å². The lowest BCUT2D eigenvalue weighted by molar-refractivity contribution is 0.171. The number of ether oxygens (including phenoxy) is 2. The van der Waals surface area contributed by atoms with Crippen LogP contribution in [0.1, 0.15) is 12.0 Å². The van der Waals surface area contributed by atoms with Gasteiger partial charge in [0.15, 0.2) is 16.6 Å². The third-order valence-corrected chi connectivity index (χ3v) is 4.14. The van der Waals surface area contributed by atoms with Crippen LogP contribution >= 0.6 is 23.8 Å². The second-order valence-electron chi connectivity index (χ2n) is 5.47. The van der Waals surface area contributed by atoms with Crippen LogP contribution in [0.15, 0.2) is 42.5 Å². The van der Waals surface area contributed by atoms with Crippen LogP contribution in [0.4, 0.5) is 5.69 Å². The Morgan fingerprint density at radius 3 is 2.58 bits per heavy atom. The number of rotatable bonds is 5. The van der Waals surface area contributed by atoms with Crippen molar-refractivity contribution >= 4 is 34.6 Å². The highest BCUT2D eigenvalue weighted by molar-refractivity contribution is 7.80. The summed E-state index contributed by atoms with van der Waals surface area (Å²) >= 11 is 11.2. The smallest absolute Gasteiger partial charge is 0.170 e. The standard InChI is InChI=1S/C18H19ClN2O2S/c19-14-5-3-13(4-6-14)2-1-9-20-18(24)21-15-7-8-16-17(12-15)23-11-10-22-16/h3-8,12H,1-2,9-11H2,(H2,20,21,24). The maximum absolute atomic E-state index is 5.88. The number of nitrogens with one attached hydrogen (secondary N) is 2. The van der Waals surface area contributed by atoms with E-state index in [0.717, 1.165) is 41.6 Å². The van der Waals surface area contributed by atoms with Gasteiger partial charge in [0, 0.05) is 23.3 Å². The first-order chi connectivity index (χ1) is 11.7. The van der Waals surface area contributed by atoms with Gasteiger partial charge >= 0.3 is 0 Å². The molecular weight excluding hydrogens is 344 g/mol. The van der Waals surface area contributed by atoms with E-state index in [0.29, 0.717) is 18.3 Å². The molecule has 126 valence electrons. The van der Waals surface area contributed by atoms with Crippen LogP contribution < -0.4 is 20.1 Å². The molecule has 0 bridgehead atoms. The number of benzene rings is 2. The maximum Gasteiger partial charge on any atom is 0.170 e. The molecule has 6 heteroatoms. The predicted molar refractivity (Wildman–Crippen MR) is 101 cm³/mol. The first-order valence-electron chi connectivity index (χ1n) is 7.90. The fourth-order valence-electron chi connectivity index (χ4n) is 2.44. The van der Waals surface area contributed by atoms with E-state index in [1.807, 2.05) is 42.5 Å². The number of hydrogen-bond donors (Lipinski definition) is 2. The van der Waals surface area contributed by atoms with Crippen LogP contribution in [0.2, 0.25) is 5.02 Å². The Kier molecular flexibility index (Phi) is 5.77. The molecule has 0 atom stereocenters. The minimum atomic E-state index is 0.573. The number of fused-ring (bicyclic) bond motifs is 1. The van der Waals surface area contributed by atoms with Gasteiger partial charge in [0.25, 0.3) is 0 Å². The highest BCUT2D eigenvalue weighted by Gasteiger charge is 2.11. The van der Waals surface area contributed by atoms with Crippen molar-refractivity contribution in [3.63, 3.8) is 0 Å². The Morgan fingerprint density at radius 1 is 1.04 bits per heavy atom. The number of thiocarbonyl (C=S) groups is 1. The van der Waals surface area contributed by atoms with Gasteiger partial charge in [0.2, 0.25) is 0 Å². The first-order valence-corrected chi connectivity index (χ1v) is 8.68. The number of hydrogen-bond acceptors (Lipinski definition) is 3. The van der Waals surface area contributed by atoms with Crippen molar-refractivity contribution in [3.8, 4) is 11.5 Å². The minimum absolute atomic E-state index is 0.573. The molecule has 2 aromatic rings. The predicted octanol–water partition coefficient (Wildman–Crippen LogP) is 4.03. The van der Waals surface area contributed by atoms with E-state index in [-0.39, 0.29) is 0 Å². The van der Waals surface area contributed by atoms with Crippen molar-refractivity contribution in [2.24, 2.45) is 0 Å². The number of halogens is 1. The Bertz CT molecular complexity index is 707. The maximum atomic E-state index is 5.88. The summed E-state index contributed by atoms with van der Waals surface area (Å²) in [6.45, 7) is 1.97. The summed E-state index contributed by atoms with van der Waals surface area (Å²) in [6, 6.07) is 13.6. The average Bonchev–Trinajstić information content (AvgIpc) is 2.60. The zero-order valence-corrected chi connectivity index (χ0v) is 14.8. The molecular formula is C18H19ClN2O2S. The molecule has 0 amide bonds. The van der Waals surface area contributed by atoms with Crippen molar-refractivity contribution in [1.82, 2.24) is 5.32 Å².